The molecule has 1 aromatic heterocycles. The Bertz CT molecular complexity index is 809. The monoisotopic (exact) mass is 344 g/mol. The second-order valence-corrected chi connectivity index (χ2v) is 6.51. The number of sulfonamides is 1. The molecule has 2 aromatic rings. The number of aryl methyl sites for hydroxylation is 2. The van der Waals surface area contributed by atoms with Crippen LogP contribution in [0.2, 0.25) is 5.02 Å². The van der Waals surface area contributed by atoms with Crippen molar-refractivity contribution in [3.8, 4) is 0 Å². The Morgan fingerprint density at radius 3 is 2.64 bits per heavy atom. The second kappa shape index (κ2) is 6.07. The normalized spacial score (nSPS) is 11.5. The van der Waals surface area contributed by atoms with Crippen LogP contribution in [0, 0.1) is 13.8 Å². The van der Waals surface area contributed by atoms with Crippen molar-refractivity contribution in [2.24, 2.45) is 5.14 Å². The minimum atomic E-state index is -4.03. The first kappa shape index (κ1) is 16.5. The van der Waals surface area contributed by atoms with Gasteiger partial charge in [-0.15, -0.1) is 0 Å². The van der Waals surface area contributed by atoms with E-state index in [1.807, 2.05) is 0 Å². The maximum atomic E-state index is 12.0. The molecule has 0 aliphatic carbocycles. The highest BCUT2D eigenvalue weighted by Crippen LogP contribution is 2.22. The third-order valence-corrected chi connectivity index (χ3v) is 4.39. The SMILES string of the molecule is Cc1noc(C)c1COC(=O)c1ccc(Cl)c(S(N)(=O)=O)c1. The van der Waals surface area contributed by atoms with Crippen molar-refractivity contribution >= 4 is 27.6 Å². The largest absolute Gasteiger partial charge is 0.457 e. The fourth-order valence-corrected chi connectivity index (χ4v) is 2.85. The lowest BCUT2D eigenvalue weighted by atomic mass is 10.2. The van der Waals surface area contributed by atoms with Crippen molar-refractivity contribution in [1.29, 1.82) is 0 Å². The first-order chi connectivity index (χ1) is 10.2. The van der Waals surface area contributed by atoms with Gasteiger partial charge in [0.15, 0.2) is 0 Å². The quantitative estimate of drug-likeness (QED) is 0.848. The number of benzene rings is 1. The lowest BCUT2D eigenvalue weighted by Crippen LogP contribution is -2.14. The number of rotatable bonds is 4. The predicted octanol–water partition coefficient (Wildman–Crippen LogP) is 1.95. The van der Waals surface area contributed by atoms with Crippen LogP contribution in [-0.4, -0.2) is 19.5 Å². The minimum absolute atomic E-state index is 0.0279. The molecule has 0 aliphatic heterocycles. The molecule has 118 valence electrons. The van der Waals surface area contributed by atoms with E-state index in [1.54, 1.807) is 13.8 Å². The van der Waals surface area contributed by atoms with Crippen molar-refractivity contribution in [3.05, 3.63) is 45.8 Å². The van der Waals surface area contributed by atoms with Gasteiger partial charge in [0.25, 0.3) is 0 Å². The van der Waals surface area contributed by atoms with E-state index in [-0.39, 0.29) is 22.1 Å². The smallest absolute Gasteiger partial charge is 0.338 e. The van der Waals surface area contributed by atoms with E-state index in [0.717, 1.165) is 6.07 Å². The van der Waals surface area contributed by atoms with Gasteiger partial charge in [0.05, 0.1) is 21.8 Å². The topological polar surface area (TPSA) is 112 Å². The van der Waals surface area contributed by atoms with Crippen LogP contribution in [0.3, 0.4) is 0 Å². The molecular formula is C13H13ClN2O5S. The van der Waals surface area contributed by atoms with E-state index in [0.29, 0.717) is 17.0 Å². The van der Waals surface area contributed by atoms with Gasteiger partial charge in [-0.25, -0.2) is 18.4 Å². The minimum Gasteiger partial charge on any atom is -0.457 e. The molecule has 9 heteroatoms. The fourth-order valence-electron chi connectivity index (χ4n) is 1.78. The zero-order chi connectivity index (χ0) is 16.5. The van der Waals surface area contributed by atoms with E-state index in [1.165, 1.54) is 12.1 Å². The number of ether oxygens (including phenoxy) is 1. The van der Waals surface area contributed by atoms with Crippen LogP contribution in [-0.2, 0) is 21.4 Å². The fraction of sp³-hybridized carbons (Fsp3) is 0.231. The second-order valence-electron chi connectivity index (χ2n) is 4.57. The number of halogens is 1. The first-order valence-corrected chi connectivity index (χ1v) is 8.04. The molecule has 0 amide bonds. The predicted molar refractivity (Wildman–Crippen MR) is 77.9 cm³/mol. The van der Waals surface area contributed by atoms with Crippen LogP contribution < -0.4 is 5.14 Å². The van der Waals surface area contributed by atoms with Crippen LogP contribution in [0.15, 0.2) is 27.6 Å². The number of carbonyl (C=O) groups excluding carboxylic acids is 1. The van der Waals surface area contributed by atoms with Crippen molar-refractivity contribution in [3.63, 3.8) is 0 Å². The molecule has 0 saturated carbocycles. The van der Waals surface area contributed by atoms with E-state index in [4.69, 9.17) is 26.0 Å². The number of carbonyl (C=O) groups is 1. The molecule has 1 aromatic carbocycles. The highest BCUT2D eigenvalue weighted by Gasteiger charge is 2.18. The maximum Gasteiger partial charge on any atom is 0.338 e. The van der Waals surface area contributed by atoms with Gasteiger partial charge in [0.2, 0.25) is 10.0 Å². The summed E-state index contributed by atoms with van der Waals surface area (Å²) in [4.78, 5) is 11.7. The summed E-state index contributed by atoms with van der Waals surface area (Å²) in [5.74, 6) is -0.159. The van der Waals surface area contributed by atoms with Crippen LogP contribution in [0.5, 0.6) is 0 Å². The van der Waals surface area contributed by atoms with Crippen LogP contribution in [0.4, 0.5) is 0 Å². The van der Waals surface area contributed by atoms with Crippen LogP contribution >= 0.6 is 11.6 Å². The number of aromatic nitrogens is 1. The van der Waals surface area contributed by atoms with Gasteiger partial charge in [0.1, 0.15) is 17.3 Å². The number of nitrogens with two attached hydrogens (primary N) is 1. The van der Waals surface area contributed by atoms with Gasteiger partial charge in [-0.3, -0.25) is 0 Å². The summed E-state index contributed by atoms with van der Waals surface area (Å²) in [5, 5.41) is 8.71. The third-order valence-electron chi connectivity index (χ3n) is 3.00. The standard InChI is InChI=1S/C13H13ClN2O5S/c1-7-10(8(2)21-16-7)6-20-13(17)9-3-4-11(14)12(5-9)22(15,18)19/h3-5H,6H2,1-2H3,(H2,15,18,19). The van der Waals surface area contributed by atoms with Gasteiger partial charge in [-0.1, -0.05) is 16.8 Å². The molecule has 2 rings (SSSR count). The van der Waals surface area contributed by atoms with Gasteiger partial charge < -0.3 is 9.26 Å². The number of hydrogen-bond acceptors (Lipinski definition) is 6. The Morgan fingerprint density at radius 1 is 1.41 bits per heavy atom. The average molecular weight is 345 g/mol. The molecule has 0 radical (unpaired) electrons. The van der Waals surface area contributed by atoms with Crippen molar-refractivity contribution in [2.45, 2.75) is 25.3 Å². The van der Waals surface area contributed by atoms with Crippen molar-refractivity contribution in [1.82, 2.24) is 5.16 Å². The summed E-state index contributed by atoms with van der Waals surface area (Å²) < 4.78 is 32.8. The zero-order valence-corrected chi connectivity index (χ0v) is 13.4. The molecule has 2 N–H and O–H groups in total. The van der Waals surface area contributed by atoms with E-state index >= 15 is 0 Å². The molecule has 7 nitrogen and oxygen atoms in total. The Labute approximate surface area is 132 Å². The molecule has 0 spiro atoms. The highest BCUT2D eigenvalue weighted by atomic mass is 35.5. The van der Waals surface area contributed by atoms with Gasteiger partial charge >= 0.3 is 5.97 Å². The number of nitrogens with zero attached hydrogens (tertiary/aromatic N) is 1. The molecule has 1 heterocycles. The maximum absolute atomic E-state index is 12.0. The third kappa shape index (κ3) is 3.46. The summed E-state index contributed by atoms with van der Waals surface area (Å²) in [5.41, 5.74) is 1.31. The average Bonchev–Trinajstić information content (AvgIpc) is 2.74. The van der Waals surface area contributed by atoms with E-state index in [2.05, 4.69) is 5.16 Å². The van der Waals surface area contributed by atoms with Gasteiger partial charge in [0, 0.05) is 0 Å². The van der Waals surface area contributed by atoms with Gasteiger partial charge in [-0.05, 0) is 32.0 Å². The number of esters is 1. The molecule has 0 atom stereocenters. The molecule has 0 fully saturated rings. The van der Waals surface area contributed by atoms with E-state index in [9.17, 15) is 13.2 Å². The Hall–Kier alpha value is -1.90. The van der Waals surface area contributed by atoms with Crippen molar-refractivity contribution < 1.29 is 22.5 Å². The Morgan fingerprint density at radius 2 is 2.09 bits per heavy atom. The van der Waals surface area contributed by atoms with Gasteiger partial charge in [-0.2, -0.15) is 0 Å². The lowest BCUT2D eigenvalue weighted by Gasteiger charge is -2.07. The molecular weight excluding hydrogens is 332 g/mol. The van der Waals surface area contributed by atoms with Crippen LogP contribution in [0.1, 0.15) is 27.4 Å². The Balaban J connectivity index is 2.20. The van der Waals surface area contributed by atoms with Crippen LogP contribution in [0.25, 0.3) is 0 Å². The molecule has 22 heavy (non-hydrogen) atoms. The Kier molecular flexibility index (Phi) is 4.55. The molecule has 0 unspecified atom stereocenters. The van der Waals surface area contributed by atoms with Crippen molar-refractivity contribution in [2.75, 3.05) is 0 Å². The lowest BCUT2D eigenvalue weighted by molar-refractivity contribution is 0.0470. The van der Waals surface area contributed by atoms with E-state index < -0.39 is 16.0 Å². The molecule has 0 saturated heterocycles. The first-order valence-electron chi connectivity index (χ1n) is 6.11. The summed E-state index contributed by atoms with van der Waals surface area (Å²) in [6.07, 6.45) is 0. The summed E-state index contributed by atoms with van der Waals surface area (Å²) in [7, 11) is -4.03. The summed E-state index contributed by atoms with van der Waals surface area (Å²) >= 11 is 5.75. The summed E-state index contributed by atoms with van der Waals surface area (Å²) in [6.45, 7) is 3.39. The molecule has 0 aliphatic rings. The zero-order valence-electron chi connectivity index (χ0n) is 11.8. The molecule has 0 bridgehead atoms. The number of primary sulfonamides is 1. The highest BCUT2D eigenvalue weighted by molar-refractivity contribution is 7.89. The number of hydrogen-bond donors (Lipinski definition) is 1. The summed E-state index contributed by atoms with van der Waals surface area (Å²) in [6, 6.07) is 3.70.